The largest absolute Gasteiger partial charge is 0.467 e. The van der Waals surface area contributed by atoms with Crippen LogP contribution < -0.4 is 5.32 Å². The number of fused-ring (bicyclic) bond motifs is 1. The molecule has 0 spiro atoms. The van der Waals surface area contributed by atoms with Gasteiger partial charge in [-0.3, -0.25) is 9.36 Å². The number of carbonyl (C=O) groups excluding carboxylic acids is 1. The van der Waals surface area contributed by atoms with Crippen molar-refractivity contribution in [3.05, 3.63) is 77.5 Å². The highest BCUT2D eigenvalue weighted by Crippen LogP contribution is 2.28. The van der Waals surface area contributed by atoms with E-state index < -0.39 is 0 Å². The van der Waals surface area contributed by atoms with Gasteiger partial charge in [-0.05, 0) is 54.6 Å². The fourth-order valence-electron chi connectivity index (χ4n) is 3.15. The Morgan fingerprint density at radius 1 is 1.18 bits per heavy atom. The van der Waals surface area contributed by atoms with Gasteiger partial charge < -0.3 is 9.73 Å². The van der Waals surface area contributed by atoms with Crippen molar-refractivity contribution >= 4 is 56.0 Å². The summed E-state index contributed by atoms with van der Waals surface area (Å²) in [5.41, 5.74) is 1.48. The Kier molecular flexibility index (Phi) is 6.12. The topological polar surface area (TPSA) is 85.8 Å². The highest BCUT2D eigenvalue weighted by Gasteiger charge is 2.18. The molecule has 3 heterocycles. The van der Waals surface area contributed by atoms with Gasteiger partial charge in [-0.25, -0.2) is 9.37 Å². The van der Waals surface area contributed by atoms with E-state index in [9.17, 15) is 9.18 Å². The highest BCUT2D eigenvalue weighted by molar-refractivity contribution is 7.99. The number of halogens is 2. The predicted octanol–water partition coefficient (Wildman–Crippen LogP) is 5.72. The summed E-state index contributed by atoms with van der Waals surface area (Å²) in [5.74, 6) is 0.880. The van der Waals surface area contributed by atoms with Crippen molar-refractivity contribution in [2.75, 3.05) is 11.1 Å². The fourth-order valence-corrected chi connectivity index (χ4v) is 4.92. The van der Waals surface area contributed by atoms with Gasteiger partial charge in [0, 0.05) is 10.6 Å². The highest BCUT2D eigenvalue weighted by atomic mass is 35.5. The average molecular weight is 500 g/mol. The molecule has 3 aromatic heterocycles. The number of hydrogen-bond donors (Lipinski definition) is 1. The van der Waals surface area contributed by atoms with Crippen LogP contribution in [0.4, 0.5) is 9.52 Å². The normalized spacial score (nSPS) is 11.2. The molecule has 1 N–H and O–H groups in total. The number of anilines is 1. The number of benzene rings is 2. The first kappa shape index (κ1) is 21.6. The van der Waals surface area contributed by atoms with Gasteiger partial charge >= 0.3 is 0 Å². The fraction of sp³-hybridized carbons (Fsp3) is 0.0909. The molecule has 1 amide bonds. The number of hydrogen-bond acceptors (Lipinski definition) is 7. The van der Waals surface area contributed by atoms with Crippen molar-refractivity contribution in [1.29, 1.82) is 0 Å². The second kappa shape index (κ2) is 9.34. The van der Waals surface area contributed by atoms with Gasteiger partial charge in [0.25, 0.3) is 0 Å². The molecular formula is C22H15ClFN5O2S2. The van der Waals surface area contributed by atoms with Crippen LogP contribution in [0.1, 0.15) is 5.76 Å². The lowest BCUT2D eigenvalue weighted by Crippen LogP contribution is -2.14. The maximum absolute atomic E-state index is 13.4. The Bertz CT molecular complexity index is 1420. The van der Waals surface area contributed by atoms with Crippen LogP contribution in [-0.4, -0.2) is 31.4 Å². The molecule has 0 unspecified atom stereocenters. The summed E-state index contributed by atoms with van der Waals surface area (Å²) < 4.78 is 21.4. The van der Waals surface area contributed by atoms with E-state index in [2.05, 4.69) is 20.5 Å². The van der Waals surface area contributed by atoms with Crippen LogP contribution >= 0.6 is 34.7 Å². The van der Waals surface area contributed by atoms with Crippen molar-refractivity contribution in [2.24, 2.45) is 0 Å². The molecule has 0 fully saturated rings. The third-order valence-electron chi connectivity index (χ3n) is 4.64. The van der Waals surface area contributed by atoms with E-state index in [0.29, 0.717) is 37.9 Å². The van der Waals surface area contributed by atoms with E-state index in [1.165, 1.54) is 35.2 Å². The lowest BCUT2D eigenvalue weighted by atomic mass is 10.2. The Labute approximate surface area is 200 Å². The zero-order chi connectivity index (χ0) is 22.8. The molecule has 0 saturated heterocycles. The molecule has 0 saturated carbocycles. The van der Waals surface area contributed by atoms with Gasteiger partial charge in [0.15, 0.2) is 16.1 Å². The molecule has 0 aliphatic heterocycles. The van der Waals surface area contributed by atoms with Gasteiger partial charge in [0.1, 0.15) is 11.6 Å². The van der Waals surface area contributed by atoms with Crippen LogP contribution in [0.15, 0.2) is 70.4 Å². The van der Waals surface area contributed by atoms with Crippen molar-refractivity contribution in [3.8, 4) is 11.4 Å². The van der Waals surface area contributed by atoms with Gasteiger partial charge in [0.05, 0.1) is 28.8 Å². The summed E-state index contributed by atoms with van der Waals surface area (Å²) in [6.45, 7) is 0.408. The second-order valence-electron chi connectivity index (χ2n) is 6.95. The molecule has 0 aliphatic rings. The molecule has 0 atom stereocenters. The van der Waals surface area contributed by atoms with Crippen LogP contribution in [0.25, 0.3) is 21.6 Å². The number of nitrogens with zero attached hydrogens (tertiary/aromatic N) is 4. The number of carbonyl (C=O) groups is 1. The minimum atomic E-state index is -0.341. The summed E-state index contributed by atoms with van der Waals surface area (Å²) in [4.78, 5) is 16.9. The van der Waals surface area contributed by atoms with E-state index in [1.807, 2.05) is 28.8 Å². The first-order chi connectivity index (χ1) is 16.0. The SMILES string of the molecule is O=C(CSc1nnc(-c2ccc(Cl)cc2)n1Cc1ccco1)Nc1nc2ccc(F)cc2s1. The predicted molar refractivity (Wildman–Crippen MR) is 127 cm³/mol. The number of thioether (sulfide) groups is 1. The van der Waals surface area contributed by atoms with Gasteiger partial charge in [0.2, 0.25) is 5.91 Å². The minimum Gasteiger partial charge on any atom is -0.467 e. The van der Waals surface area contributed by atoms with Crippen molar-refractivity contribution < 1.29 is 13.6 Å². The monoisotopic (exact) mass is 499 g/mol. The number of furan rings is 1. The van der Waals surface area contributed by atoms with E-state index in [0.717, 1.165) is 11.3 Å². The van der Waals surface area contributed by atoms with Gasteiger partial charge in [-0.15, -0.1) is 10.2 Å². The number of nitrogens with one attached hydrogen (secondary N) is 1. The molecule has 0 radical (unpaired) electrons. The number of rotatable bonds is 7. The molecule has 5 aromatic rings. The van der Waals surface area contributed by atoms with E-state index in [1.54, 1.807) is 24.5 Å². The van der Waals surface area contributed by atoms with Gasteiger partial charge in [-0.2, -0.15) is 0 Å². The molecule has 11 heteroatoms. The van der Waals surface area contributed by atoms with Crippen molar-refractivity contribution in [1.82, 2.24) is 19.7 Å². The van der Waals surface area contributed by atoms with Crippen molar-refractivity contribution in [3.63, 3.8) is 0 Å². The maximum Gasteiger partial charge on any atom is 0.236 e. The van der Waals surface area contributed by atoms with Crippen LogP contribution in [0.3, 0.4) is 0 Å². The number of amides is 1. The summed E-state index contributed by atoms with van der Waals surface area (Å²) in [6.07, 6.45) is 1.60. The molecule has 5 rings (SSSR count). The molecule has 2 aromatic carbocycles. The summed E-state index contributed by atoms with van der Waals surface area (Å²) >= 11 is 8.49. The van der Waals surface area contributed by atoms with Crippen LogP contribution in [-0.2, 0) is 11.3 Å². The van der Waals surface area contributed by atoms with Gasteiger partial charge in [-0.1, -0.05) is 34.7 Å². The smallest absolute Gasteiger partial charge is 0.236 e. The number of thiazole rings is 1. The van der Waals surface area contributed by atoms with E-state index in [4.69, 9.17) is 16.0 Å². The molecule has 0 bridgehead atoms. The first-order valence-electron chi connectivity index (χ1n) is 9.75. The average Bonchev–Trinajstić information content (AvgIpc) is 3.53. The molecule has 7 nitrogen and oxygen atoms in total. The second-order valence-corrected chi connectivity index (χ2v) is 9.36. The Morgan fingerprint density at radius 3 is 2.82 bits per heavy atom. The van der Waals surface area contributed by atoms with Crippen LogP contribution in [0.5, 0.6) is 0 Å². The Hall–Kier alpha value is -3.21. The Morgan fingerprint density at radius 2 is 2.03 bits per heavy atom. The third kappa shape index (κ3) is 4.92. The zero-order valence-electron chi connectivity index (χ0n) is 16.9. The molecule has 0 aliphatic carbocycles. The molecule has 166 valence electrons. The molecular weight excluding hydrogens is 485 g/mol. The first-order valence-corrected chi connectivity index (χ1v) is 11.9. The summed E-state index contributed by atoms with van der Waals surface area (Å²) in [5, 5.41) is 13.0. The minimum absolute atomic E-state index is 0.0984. The van der Waals surface area contributed by atoms with E-state index >= 15 is 0 Å². The van der Waals surface area contributed by atoms with Crippen LogP contribution in [0, 0.1) is 5.82 Å². The number of aromatic nitrogens is 4. The summed E-state index contributed by atoms with van der Waals surface area (Å²) in [6, 6.07) is 15.3. The zero-order valence-corrected chi connectivity index (χ0v) is 19.3. The van der Waals surface area contributed by atoms with Crippen LogP contribution in [0.2, 0.25) is 5.02 Å². The molecule has 33 heavy (non-hydrogen) atoms. The van der Waals surface area contributed by atoms with Crippen molar-refractivity contribution in [2.45, 2.75) is 11.7 Å². The maximum atomic E-state index is 13.4. The van der Waals surface area contributed by atoms with E-state index in [-0.39, 0.29) is 17.5 Å². The standard InChI is InChI=1S/C22H15ClFN5O2S2/c23-14-5-3-13(4-6-14)20-27-28-22(29(20)11-16-2-1-9-31-16)32-12-19(30)26-21-25-17-8-7-15(24)10-18(17)33-21/h1-10H,11-12H2,(H,25,26,30). The third-order valence-corrected chi connectivity index (χ3v) is 6.79. The Balaban J connectivity index is 1.33. The lowest BCUT2D eigenvalue weighted by molar-refractivity contribution is -0.113. The lowest BCUT2D eigenvalue weighted by Gasteiger charge is -2.09. The quantitative estimate of drug-likeness (QED) is 0.288. The summed E-state index contributed by atoms with van der Waals surface area (Å²) in [7, 11) is 0.